The fraction of sp³-hybridized carbons (Fsp3) is 0.500. The van der Waals surface area contributed by atoms with Crippen LogP contribution in [0.1, 0.15) is 22.5 Å². The molecule has 1 N–H and O–H groups in total. The summed E-state index contributed by atoms with van der Waals surface area (Å²) in [5, 5.41) is 3.28. The van der Waals surface area contributed by atoms with Gasteiger partial charge in [-0.25, -0.2) is 0 Å². The topological polar surface area (TPSA) is 29.1 Å². The molecule has 1 aliphatic heterocycles. The lowest BCUT2D eigenvalue weighted by Gasteiger charge is -2.20. The van der Waals surface area contributed by atoms with Crippen LogP contribution in [0.15, 0.2) is 12.1 Å². The molecule has 0 radical (unpaired) electrons. The largest absolute Gasteiger partial charge is 0.317 e. The minimum atomic E-state index is 0.255. The van der Waals surface area contributed by atoms with Crippen LogP contribution in [-0.2, 0) is 0 Å². The number of thiophene rings is 1. The first-order valence-electron chi connectivity index (χ1n) is 4.77. The first-order chi connectivity index (χ1) is 6.77. The summed E-state index contributed by atoms with van der Waals surface area (Å²) >= 11 is 3.86. The number of nitrogens with one attached hydrogen (secondary N) is 1. The lowest BCUT2D eigenvalue weighted by atomic mass is 9.93. The Morgan fingerprint density at radius 1 is 1.43 bits per heavy atom. The van der Waals surface area contributed by atoms with Gasteiger partial charge >= 0.3 is 0 Å². The Kier molecular flexibility index (Phi) is 3.57. The Labute approximate surface area is 101 Å². The minimum Gasteiger partial charge on any atom is -0.317 e. The van der Waals surface area contributed by atoms with Crippen molar-refractivity contribution in [3.8, 4) is 0 Å². The number of carbonyl (C=O) groups is 1. The summed E-state index contributed by atoms with van der Waals surface area (Å²) in [4.78, 5) is 12.9. The monoisotopic (exact) mass is 321 g/mol. The van der Waals surface area contributed by atoms with Crippen molar-refractivity contribution >= 4 is 39.7 Å². The highest BCUT2D eigenvalue weighted by atomic mass is 127. The first-order valence-corrected chi connectivity index (χ1v) is 6.67. The molecule has 0 spiro atoms. The van der Waals surface area contributed by atoms with Crippen LogP contribution in [0.3, 0.4) is 0 Å². The molecule has 0 saturated carbocycles. The van der Waals surface area contributed by atoms with E-state index in [-0.39, 0.29) is 5.92 Å². The quantitative estimate of drug-likeness (QED) is 0.670. The molecule has 4 heteroatoms. The van der Waals surface area contributed by atoms with Crippen LogP contribution in [0.2, 0.25) is 0 Å². The molecular weight excluding hydrogens is 309 g/mol. The summed E-state index contributed by atoms with van der Waals surface area (Å²) in [6.45, 7) is 1.97. The van der Waals surface area contributed by atoms with Gasteiger partial charge in [-0.1, -0.05) is 0 Å². The molecule has 2 heterocycles. The number of rotatable bonds is 2. The number of ketones is 1. The molecule has 14 heavy (non-hydrogen) atoms. The third-order valence-corrected chi connectivity index (χ3v) is 4.43. The van der Waals surface area contributed by atoms with E-state index in [4.69, 9.17) is 0 Å². The van der Waals surface area contributed by atoms with Crippen LogP contribution in [0, 0.1) is 8.80 Å². The molecule has 76 valence electrons. The van der Waals surface area contributed by atoms with Crippen molar-refractivity contribution in [1.29, 1.82) is 0 Å². The maximum Gasteiger partial charge on any atom is 0.175 e. The van der Waals surface area contributed by atoms with E-state index in [0.717, 1.165) is 30.8 Å². The molecule has 1 aromatic heterocycles. The van der Waals surface area contributed by atoms with E-state index in [9.17, 15) is 4.79 Å². The van der Waals surface area contributed by atoms with E-state index in [2.05, 4.69) is 27.9 Å². The van der Waals surface area contributed by atoms with Crippen LogP contribution >= 0.6 is 33.9 Å². The first kappa shape index (κ1) is 10.6. The van der Waals surface area contributed by atoms with Gasteiger partial charge < -0.3 is 5.32 Å². The second kappa shape index (κ2) is 4.72. The zero-order valence-corrected chi connectivity index (χ0v) is 10.7. The zero-order chi connectivity index (χ0) is 9.97. The number of Topliss-reactive ketones (excluding diaryl/α,β-unsaturated/α-hetero) is 1. The Bertz CT molecular complexity index is 331. The average molecular weight is 321 g/mol. The molecule has 1 aromatic rings. The number of carbonyl (C=O) groups excluding carboxylic acids is 1. The minimum absolute atomic E-state index is 0.255. The lowest BCUT2D eigenvalue weighted by Crippen LogP contribution is -2.31. The van der Waals surface area contributed by atoms with E-state index in [0.29, 0.717) is 5.78 Å². The van der Waals surface area contributed by atoms with Crippen molar-refractivity contribution in [2.24, 2.45) is 5.92 Å². The smallest absolute Gasteiger partial charge is 0.175 e. The van der Waals surface area contributed by atoms with Crippen molar-refractivity contribution in [2.75, 3.05) is 13.1 Å². The molecule has 0 aromatic carbocycles. The average Bonchev–Trinajstić information content (AvgIpc) is 2.65. The number of hydrogen-bond donors (Lipinski definition) is 1. The molecule has 0 unspecified atom stereocenters. The van der Waals surface area contributed by atoms with Crippen molar-refractivity contribution in [3.63, 3.8) is 0 Å². The second-order valence-electron chi connectivity index (χ2n) is 3.49. The maximum atomic E-state index is 12.0. The fourth-order valence-corrected chi connectivity index (χ4v) is 3.37. The fourth-order valence-electron chi connectivity index (χ4n) is 1.73. The Morgan fingerprint density at radius 3 is 2.71 bits per heavy atom. The van der Waals surface area contributed by atoms with Gasteiger partial charge in [0.15, 0.2) is 5.78 Å². The number of halogens is 1. The van der Waals surface area contributed by atoms with Crippen molar-refractivity contribution < 1.29 is 4.79 Å². The third-order valence-electron chi connectivity index (χ3n) is 2.53. The Balaban J connectivity index is 2.07. The Hall–Kier alpha value is 0.0600. The van der Waals surface area contributed by atoms with Crippen LogP contribution in [0.5, 0.6) is 0 Å². The summed E-state index contributed by atoms with van der Waals surface area (Å²) in [5.74, 6) is 0.602. The zero-order valence-electron chi connectivity index (χ0n) is 7.75. The van der Waals surface area contributed by atoms with Crippen molar-refractivity contribution in [1.82, 2.24) is 5.32 Å². The molecule has 1 saturated heterocycles. The number of hydrogen-bond acceptors (Lipinski definition) is 3. The van der Waals surface area contributed by atoms with E-state index < -0.39 is 0 Å². The lowest BCUT2D eigenvalue weighted by molar-refractivity contribution is 0.0899. The van der Waals surface area contributed by atoms with Gasteiger partial charge in [0.2, 0.25) is 0 Å². The molecule has 0 aliphatic carbocycles. The molecule has 1 aliphatic rings. The highest BCUT2D eigenvalue weighted by Gasteiger charge is 2.22. The normalized spacial score (nSPS) is 18.4. The van der Waals surface area contributed by atoms with Gasteiger partial charge in [0.25, 0.3) is 0 Å². The van der Waals surface area contributed by atoms with Gasteiger partial charge in [0.1, 0.15) is 0 Å². The van der Waals surface area contributed by atoms with Crippen LogP contribution in [0.4, 0.5) is 0 Å². The third kappa shape index (κ3) is 2.35. The van der Waals surface area contributed by atoms with E-state index in [1.54, 1.807) is 11.3 Å². The molecule has 0 atom stereocenters. The summed E-state index contributed by atoms with van der Waals surface area (Å²) < 4.78 is 1.19. The highest BCUT2D eigenvalue weighted by Crippen LogP contribution is 2.24. The maximum absolute atomic E-state index is 12.0. The van der Waals surface area contributed by atoms with Gasteiger partial charge in [-0.3, -0.25) is 4.79 Å². The summed E-state index contributed by atoms with van der Waals surface area (Å²) in [5.41, 5.74) is 0. The van der Waals surface area contributed by atoms with Crippen LogP contribution in [0.25, 0.3) is 0 Å². The van der Waals surface area contributed by atoms with Crippen molar-refractivity contribution in [3.05, 3.63) is 19.9 Å². The molecule has 2 rings (SSSR count). The second-order valence-corrected chi connectivity index (χ2v) is 6.47. The predicted octanol–water partition coefficient (Wildman–Crippen LogP) is 2.54. The van der Waals surface area contributed by atoms with Gasteiger partial charge in [0, 0.05) is 5.92 Å². The van der Waals surface area contributed by atoms with E-state index in [1.165, 1.54) is 2.88 Å². The van der Waals surface area contributed by atoms with E-state index >= 15 is 0 Å². The summed E-state index contributed by atoms with van der Waals surface area (Å²) in [6, 6.07) is 3.97. The summed E-state index contributed by atoms with van der Waals surface area (Å²) in [7, 11) is 0. The van der Waals surface area contributed by atoms with Gasteiger partial charge in [0.05, 0.1) is 7.76 Å². The van der Waals surface area contributed by atoms with Crippen LogP contribution < -0.4 is 5.32 Å². The molecule has 0 amide bonds. The van der Waals surface area contributed by atoms with E-state index in [1.807, 2.05) is 12.1 Å². The summed E-state index contributed by atoms with van der Waals surface area (Å²) in [6.07, 6.45) is 1.99. The number of piperidine rings is 1. The standard InChI is InChI=1S/C10H12INOS/c11-9-2-1-8(14-9)10(13)7-3-5-12-6-4-7/h1-2,7,12H,3-6H2. The molecule has 2 nitrogen and oxygen atoms in total. The highest BCUT2D eigenvalue weighted by molar-refractivity contribution is 14.1. The predicted molar refractivity (Wildman–Crippen MR) is 67.0 cm³/mol. The SMILES string of the molecule is O=C(c1ccc(I)s1)C1CCNCC1. The van der Waals surface area contributed by atoms with Gasteiger partial charge in [-0.15, -0.1) is 11.3 Å². The molecule has 0 bridgehead atoms. The van der Waals surface area contributed by atoms with Crippen LogP contribution in [-0.4, -0.2) is 18.9 Å². The molecule has 1 fully saturated rings. The molecular formula is C10H12INOS. The van der Waals surface area contributed by atoms with Gasteiger partial charge in [-0.05, 0) is 60.7 Å². The van der Waals surface area contributed by atoms with Crippen molar-refractivity contribution in [2.45, 2.75) is 12.8 Å². The Morgan fingerprint density at radius 2 is 2.14 bits per heavy atom. The van der Waals surface area contributed by atoms with Gasteiger partial charge in [-0.2, -0.15) is 0 Å².